The summed E-state index contributed by atoms with van der Waals surface area (Å²) in [5.41, 5.74) is 1.91. The molecule has 134 valence electrons. The predicted molar refractivity (Wildman–Crippen MR) is 98.5 cm³/mol. The van der Waals surface area contributed by atoms with Crippen LogP contribution in [0.5, 0.6) is 0 Å². The van der Waals surface area contributed by atoms with E-state index >= 15 is 0 Å². The lowest BCUT2D eigenvalue weighted by atomic mass is 10.2. The van der Waals surface area contributed by atoms with Crippen molar-refractivity contribution < 1.29 is 8.42 Å². The fraction of sp³-hybridized carbons (Fsp3) is 0.412. The van der Waals surface area contributed by atoms with E-state index in [9.17, 15) is 8.42 Å². The molecule has 1 aliphatic rings. The maximum absolute atomic E-state index is 12.8. The van der Waals surface area contributed by atoms with E-state index in [0.717, 1.165) is 17.1 Å². The van der Waals surface area contributed by atoms with Crippen molar-refractivity contribution in [2.75, 3.05) is 50.1 Å². The molecule has 8 heteroatoms. The maximum Gasteiger partial charge on any atom is 0.243 e. The largest absolute Gasteiger partial charge is 0.376 e. The molecule has 0 unspecified atom stereocenters. The first kappa shape index (κ1) is 17.6. The topological polar surface area (TPSA) is 69.6 Å². The third kappa shape index (κ3) is 3.74. The fourth-order valence-corrected chi connectivity index (χ4v) is 4.35. The van der Waals surface area contributed by atoms with Crippen molar-refractivity contribution in [1.29, 1.82) is 0 Å². The van der Waals surface area contributed by atoms with Crippen molar-refractivity contribution in [3.05, 3.63) is 42.1 Å². The second-order valence-corrected chi connectivity index (χ2v) is 8.31. The van der Waals surface area contributed by atoms with Crippen LogP contribution < -0.4 is 9.80 Å². The van der Waals surface area contributed by atoms with E-state index < -0.39 is 10.0 Å². The lowest BCUT2D eigenvalue weighted by Crippen LogP contribution is -2.49. The molecule has 1 fully saturated rings. The second-order valence-electron chi connectivity index (χ2n) is 6.37. The first-order valence-electron chi connectivity index (χ1n) is 8.20. The Kier molecular flexibility index (Phi) is 4.91. The van der Waals surface area contributed by atoms with Crippen molar-refractivity contribution in [3.8, 4) is 0 Å². The summed E-state index contributed by atoms with van der Waals surface area (Å²) in [7, 11) is 0.454. The Morgan fingerprint density at radius 2 is 1.80 bits per heavy atom. The van der Waals surface area contributed by atoms with Crippen molar-refractivity contribution in [3.63, 3.8) is 0 Å². The maximum atomic E-state index is 12.8. The molecule has 1 aromatic heterocycles. The first-order chi connectivity index (χ1) is 11.9. The number of benzene rings is 1. The molecule has 0 amide bonds. The van der Waals surface area contributed by atoms with Gasteiger partial charge in [0.05, 0.1) is 16.8 Å². The van der Waals surface area contributed by atoms with Crippen LogP contribution in [0.1, 0.15) is 5.56 Å². The highest BCUT2D eigenvalue weighted by Gasteiger charge is 2.29. The Morgan fingerprint density at radius 3 is 2.44 bits per heavy atom. The summed E-state index contributed by atoms with van der Waals surface area (Å²) in [6, 6.07) is 9.01. The van der Waals surface area contributed by atoms with Crippen LogP contribution in [0.2, 0.25) is 0 Å². The zero-order chi connectivity index (χ0) is 18.0. The molecular formula is C17H23N5O2S. The molecule has 0 spiro atoms. The number of hydrogen-bond donors (Lipinski definition) is 0. The van der Waals surface area contributed by atoms with Crippen LogP contribution in [0.4, 0.5) is 11.5 Å². The van der Waals surface area contributed by atoms with Gasteiger partial charge in [-0.25, -0.2) is 8.42 Å². The van der Waals surface area contributed by atoms with Crippen molar-refractivity contribution in [2.24, 2.45) is 0 Å². The number of sulfonamides is 1. The molecule has 1 saturated heterocycles. The third-order valence-electron chi connectivity index (χ3n) is 4.33. The van der Waals surface area contributed by atoms with Gasteiger partial charge >= 0.3 is 0 Å². The Hall–Kier alpha value is -2.19. The van der Waals surface area contributed by atoms with Gasteiger partial charge in [-0.1, -0.05) is 12.1 Å². The molecule has 2 heterocycles. The van der Waals surface area contributed by atoms with E-state index in [2.05, 4.69) is 15.1 Å². The number of nitrogens with zero attached hydrogens (tertiary/aromatic N) is 5. The smallest absolute Gasteiger partial charge is 0.243 e. The van der Waals surface area contributed by atoms with Gasteiger partial charge in [0.15, 0.2) is 5.82 Å². The Labute approximate surface area is 148 Å². The van der Waals surface area contributed by atoms with Crippen LogP contribution in [0, 0.1) is 6.92 Å². The standard InChI is InChI=1S/C17H23N5O2S/c1-14-5-4-6-16(11-14)25(23,24)22-9-7-21(8-10-22)17-12-15(20(2)3)13-18-19-17/h4-6,11-13H,7-10H2,1-3H3. The third-order valence-corrected chi connectivity index (χ3v) is 6.23. The lowest BCUT2D eigenvalue weighted by molar-refractivity contribution is 0.383. The van der Waals surface area contributed by atoms with E-state index in [-0.39, 0.29) is 0 Å². The van der Waals surface area contributed by atoms with Crippen LogP contribution in [-0.4, -0.2) is 63.2 Å². The van der Waals surface area contributed by atoms with Crippen LogP contribution >= 0.6 is 0 Å². The average Bonchev–Trinajstić information content (AvgIpc) is 2.62. The van der Waals surface area contributed by atoms with E-state index in [1.807, 2.05) is 38.1 Å². The molecule has 0 bridgehead atoms. The lowest BCUT2D eigenvalue weighted by Gasteiger charge is -2.34. The molecule has 1 aromatic carbocycles. The molecule has 0 aliphatic carbocycles. The van der Waals surface area contributed by atoms with Crippen molar-refractivity contribution in [2.45, 2.75) is 11.8 Å². The highest BCUT2D eigenvalue weighted by Crippen LogP contribution is 2.22. The quantitative estimate of drug-likeness (QED) is 0.819. The van der Waals surface area contributed by atoms with Crippen LogP contribution in [0.25, 0.3) is 0 Å². The fourth-order valence-electron chi connectivity index (χ4n) is 2.83. The molecule has 0 saturated carbocycles. The summed E-state index contributed by atoms with van der Waals surface area (Å²) in [5, 5.41) is 8.22. The normalized spacial score (nSPS) is 16.0. The predicted octanol–water partition coefficient (Wildman–Crippen LogP) is 1.36. The van der Waals surface area contributed by atoms with Gasteiger partial charge in [0.2, 0.25) is 10.0 Å². The minimum atomic E-state index is -3.45. The minimum Gasteiger partial charge on any atom is -0.376 e. The summed E-state index contributed by atoms with van der Waals surface area (Å²) in [6.07, 6.45) is 1.71. The van der Waals surface area contributed by atoms with Crippen LogP contribution in [-0.2, 0) is 10.0 Å². The van der Waals surface area contributed by atoms with Crippen LogP contribution in [0.3, 0.4) is 0 Å². The van der Waals surface area contributed by atoms with Gasteiger partial charge in [-0.15, -0.1) is 5.10 Å². The molecule has 0 N–H and O–H groups in total. The Balaban J connectivity index is 1.72. The molecule has 25 heavy (non-hydrogen) atoms. The number of aromatic nitrogens is 2. The summed E-state index contributed by atoms with van der Waals surface area (Å²) >= 11 is 0. The monoisotopic (exact) mass is 361 g/mol. The van der Waals surface area contributed by atoms with Crippen molar-refractivity contribution in [1.82, 2.24) is 14.5 Å². The van der Waals surface area contributed by atoms with Gasteiger partial charge in [0.25, 0.3) is 0 Å². The Bertz CT molecular complexity index is 846. The summed E-state index contributed by atoms with van der Waals surface area (Å²) < 4.78 is 27.1. The summed E-state index contributed by atoms with van der Waals surface area (Å²) in [6.45, 7) is 3.95. The first-order valence-corrected chi connectivity index (χ1v) is 9.64. The highest BCUT2D eigenvalue weighted by molar-refractivity contribution is 7.89. The molecule has 2 aromatic rings. The van der Waals surface area contributed by atoms with E-state index in [0.29, 0.717) is 31.1 Å². The van der Waals surface area contributed by atoms with Gasteiger partial charge in [0, 0.05) is 46.3 Å². The van der Waals surface area contributed by atoms with Gasteiger partial charge in [-0.2, -0.15) is 9.40 Å². The SMILES string of the molecule is Cc1cccc(S(=O)(=O)N2CCN(c3cc(N(C)C)cnn3)CC2)c1. The van der Waals surface area contributed by atoms with E-state index in [4.69, 9.17) is 0 Å². The van der Waals surface area contributed by atoms with Gasteiger partial charge < -0.3 is 9.80 Å². The number of aryl methyl sites for hydroxylation is 1. The number of piperazine rings is 1. The number of anilines is 2. The average molecular weight is 361 g/mol. The molecule has 3 rings (SSSR count). The molecule has 0 radical (unpaired) electrons. The molecule has 0 atom stereocenters. The van der Waals surface area contributed by atoms with Gasteiger partial charge in [0.1, 0.15) is 0 Å². The van der Waals surface area contributed by atoms with Crippen LogP contribution in [0.15, 0.2) is 41.4 Å². The van der Waals surface area contributed by atoms with E-state index in [1.165, 1.54) is 0 Å². The van der Waals surface area contributed by atoms with E-state index in [1.54, 1.807) is 28.7 Å². The summed E-state index contributed by atoms with van der Waals surface area (Å²) in [5.74, 6) is 0.777. The van der Waals surface area contributed by atoms with Gasteiger partial charge in [-0.05, 0) is 24.6 Å². The number of hydrogen-bond acceptors (Lipinski definition) is 6. The minimum absolute atomic E-state index is 0.357. The zero-order valence-electron chi connectivity index (χ0n) is 14.8. The molecule has 1 aliphatic heterocycles. The van der Waals surface area contributed by atoms with Crippen molar-refractivity contribution >= 4 is 21.5 Å². The molecule has 7 nitrogen and oxygen atoms in total. The number of rotatable bonds is 4. The highest BCUT2D eigenvalue weighted by atomic mass is 32.2. The second kappa shape index (κ2) is 6.97. The van der Waals surface area contributed by atoms with Gasteiger partial charge in [-0.3, -0.25) is 0 Å². The summed E-state index contributed by atoms with van der Waals surface area (Å²) in [4.78, 5) is 4.40. The Morgan fingerprint density at radius 1 is 1.08 bits per heavy atom. The molecular weight excluding hydrogens is 338 g/mol. The zero-order valence-corrected chi connectivity index (χ0v) is 15.6.